The summed E-state index contributed by atoms with van der Waals surface area (Å²) >= 11 is 0. The van der Waals surface area contributed by atoms with E-state index in [-0.39, 0.29) is 5.78 Å². The van der Waals surface area contributed by atoms with Crippen LogP contribution in [0.1, 0.15) is 30.1 Å². The Bertz CT molecular complexity index is 226. The van der Waals surface area contributed by atoms with E-state index in [0.29, 0.717) is 6.42 Å². The van der Waals surface area contributed by atoms with E-state index in [1.165, 1.54) is 0 Å². The first kappa shape index (κ1) is 7.99. The highest BCUT2D eigenvalue weighted by Gasteiger charge is 2.01. The first-order chi connectivity index (χ1) is 5.34. The van der Waals surface area contributed by atoms with Crippen molar-refractivity contribution in [3.63, 3.8) is 0 Å². The van der Waals surface area contributed by atoms with Gasteiger partial charge in [0.2, 0.25) is 0 Å². The fourth-order valence-electron chi connectivity index (χ4n) is 0.944. The summed E-state index contributed by atoms with van der Waals surface area (Å²) in [6.45, 7) is 2.01. The Balaban J connectivity index is 2.69. The Morgan fingerprint density at radius 2 is 2.09 bits per heavy atom. The van der Waals surface area contributed by atoms with Gasteiger partial charge in [-0.2, -0.15) is 0 Å². The van der Waals surface area contributed by atoms with Crippen LogP contribution in [0.25, 0.3) is 0 Å². The van der Waals surface area contributed by atoms with Crippen molar-refractivity contribution >= 4 is 5.78 Å². The predicted octanol–water partition coefficient (Wildman–Crippen LogP) is 2.47. The Labute approximate surface area is 67.1 Å². The van der Waals surface area contributed by atoms with Gasteiger partial charge < -0.3 is 0 Å². The molecule has 0 fully saturated rings. The third-order valence-corrected chi connectivity index (χ3v) is 1.52. The van der Waals surface area contributed by atoms with Crippen molar-refractivity contribution in [1.82, 2.24) is 0 Å². The lowest BCUT2D eigenvalue weighted by atomic mass is 10.1. The van der Waals surface area contributed by atoms with Crippen molar-refractivity contribution < 1.29 is 4.79 Å². The topological polar surface area (TPSA) is 17.1 Å². The Morgan fingerprint density at radius 3 is 2.64 bits per heavy atom. The molecule has 0 spiro atoms. The highest BCUT2D eigenvalue weighted by atomic mass is 16.1. The number of carbonyl (C=O) groups is 1. The van der Waals surface area contributed by atoms with E-state index < -0.39 is 0 Å². The minimum absolute atomic E-state index is 0.224. The van der Waals surface area contributed by atoms with Crippen LogP contribution in [0.4, 0.5) is 0 Å². The third kappa shape index (κ3) is 2.19. The van der Waals surface area contributed by atoms with E-state index in [0.717, 1.165) is 12.0 Å². The lowest BCUT2D eigenvalue weighted by Gasteiger charge is -1.95. The number of ketones is 1. The Hall–Kier alpha value is -1.11. The van der Waals surface area contributed by atoms with Gasteiger partial charge in [0, 0.05) is 12.0 Å². The second-order valence-electron chi connectivity index (χ2n) is 2.46. The summed E-state index contributed by atoms with van der Waals surface area (Å²) in [5.74, 6) is 0.224. The minimum Gasteiger partial charge on any atom is -0.294 e. The number of hydrogen-bond donors (Lipinski definition) is 0. The number of rotatable bonds is 3. The Kier molecular flexibility index (Phi) is 2.84. The molecule has 0 unspecified atom stereocenters. The number of benzene rings is 1. The molecule has 0 amide bonds. The predicted molar refractivity (Wildman–Crippen MR) is 44.5 cm³/mol. The maximum Gasteiger partial charge on any atom is 0.162 e. The normalized spacial score (nSPS) is 9.55. The first-order valence-electron chi connectivity index (χ1n) is 3.84. The molecule has 0 heterocycles. The lowest BCUT2D eigenvalue weighted by Crippen LogP contribution is -1.96. The number of carbonyl (C=O) groups excluding carboxylic acids is 1. The van der Waals surface area contributed by atoms with Gasteiger partial charge in [0.15, 0.2) is 5.78 Å². The maximum atomic E-state index is 11.2. The smallest absolute Gasteiger partial charge is 0.162 e. The van der Waals surface area contributed by atoms with E-state index >= 15 is 0 Å². The van der Waals surface area contributed by atoms with Crippen LogP contribution >= 0.6 is 0 Å². The molecule has 0 aliphatic carbocycles. The highest BCUT2D eigenvalue weighted by Crippen LogP contribution is 2.03. The number of Topliss-reactive ketones (excluding diaryl/α,β-unsaturated/α-hetero) is 1. The van der Waals surface area contributed by atoms with E-state index in [2.05, 4.69) is 6.07 Å². The molecule has 1 aromatic rings. The summed E-state index contributed by atoms with van der Waals surface area (Å²) in [4.78, 5) is 11.2. The SMILES string of the molecule is CCCC(=O)c1cc[c]cc1. The van der Waals surface area contributed by atoms with E-state index in [4.69, 9.17) is 0 Å². The van der Waals surface area contributed by atoms with E-state index in [1.807, 2.05) is 6.92 Å². The zero-order valence-electron chi connectivity index (χ0n) is 6.63. The van der Waals surface area contributed by atoms with Gasteiger partial charge in [0.1, 0.15) is 0 Å². The average Bonchev–Trinajstić information content (AvgIpc) is 2.07. The van der Waals surface area contributed by atoms with Crippen molar-refractivity contribution in [3.05, 3.63) is 35.9 Å². The van der Waals surface area contributed by atoms with Crippen molar-refractivity contribution in [2.75, 3.05) is 0 Å². The summed E-state index contributed by atoms with van der Waals surface area (Å²) in [6.07, 6.45) is 1.56. The van der Waals surface area contributed by atoms with E-state index in [9.17, 15) is 4.79 Å². The average molecular weight is 147 g/mol. The standard InChI is InChI=1S/C10H11O/c1-2-6-10(11)9-7-4-3-5-8-9/h4-5,7-8H,2,6H2,1H3. The molecule has 0 aliphatic heterocycles. The molecule has 0 N–H and O–H groups in total. The van der Waals surface area contributed by atoms with Crippen LogP contribution in [0, 0.1) is 6.07 Å². The second kappa shape index (κ2) is 3.91. The molecule has 1 aromatic carbocycles. The van der Waals surface area contributed by atoms with Gasteiger partial charge in [-0.3, -0.25) is 4.79 Å². The molecule has 0 aliphatic rings. The molecule has 1 heteroatoms. The molecule has 1 nitrogen and oxygen atoms in total. The van der Waals surface area contributed by atoms with Gasteiger partial charge in [-0.15, -0.1) is 0 Å². The molecule has 1 radical (unpaired) electrons. The number of hydrogen-bond acceptors (Lipinski definition) is 1. The molecule has 57 valence electrons. The highest BCUT2D eigenvalue weighted by molar-refractivity contribution is 5.95. The van der Waals surface area contributed by atoms with Crippen molar-refractivity contribution in [1.29, 1.82) is 0 Å². The van der Waals surface area contributed by atoms with Crippen LogP contribution in [0.2, 0.25) is 0 Å². The van der Waals surface area contributed by atoms with E-state index in [1.54, 1.807) is 24.3 Å². The van der Waals surface area contributed by atoms with Crippen molar-refractivity contribution in [2.45, 2.75) is 19.8 Å². The molecule has 0 bridgehead atoms. The summed E-state index contributed by atoms with van der Waals surface area (Å²) in [5, 5.41) is 0. The van der Waals surface area contributed by atoms with Crippen LogP contribution in [0.3, 0.4) is 0 Å². The van der Waals surface area contributed by atoms with Gasteiger partial charge >= 0.3 is 0 Å². The fraction of sp³-hybridized carbons (Fsp3) is 0.300. The van der Waals surface area contributed by atoms with Crippen LogP contribution in [0.5, 0.6) is 0 Å². The van der Waals surface area contributed by atoms with Gasteiger partial charge in [-0.1, -0.05) is 31.2 Å². The van der Waals surface area contributed by atoms with Crippen molar-refractivity contribution in [3.8, 4) is 0 Å². The Morgan fingerprint density at radius 1 is 1.45 bits per heavy atom. The van der Waals surface area contributed by atoms with Crippen molar-refractivity contribution in [2.24, 2.45) is 0 Å². The molecule has 11 heavy (non-hydrogen) atoms. The molecular weight excluding hydrogens is 136 g/mol. The van der Waals surface area contributed by atoms with Gasteiger partial charge in [0.05, 0.1) is 0 Å². The van der Waals surface area contributed by atoms with Gasteiger partial charge in [-0.05, 0) is 12.5 Å². The third-order valence-electron chi connectivity index (χ3n) is 1.52. The van der Waals surface area contributed by atoms with Crippen LogP contribution in [-0.4, -0.2) is 5.78 Å². The summed E-state index contributed by atoms with van der Waals surface area (Å²) in [7, 11) is 0. The first-order valence-corrected chi connectivity index (χ1v) is 3.84. The summed E-state index contributed by atoms with van der Waals surface area (Å²) in [6, 6.07) is 10.0. The largest absolute Gasteiger partial charge is 0.294 e. The summed E-state index contributed by atoms with van der Waals surface area (Å²) in [5.41, 5.74) is 0.797. The van der Waals surface area contributed by atoms with Crippen LogP contribution in [0.15, 0.2) is 24.3 Å². The molecule has 1 rings (SSSR count). The second-order valence-corrected chi connectivity index (χ2v) is 2.46. The molecule has 0 saturated heterocycles. The monoisotopic (exact) mass is 147 g/mol. The van der Waals surface area contributed by atoms with Crippen LogP contribution < -0.4 is 0 Å². The zero-order valence-corrected chi connectivity index (χ0v) is 6.63. The quantitative estimate of drug-likeness (QED) is 0.600. The minimum atomic E-state index is 0.224. The molecular formula is C10H11O. The molecule has 0 atom stereocenters. The lowest BCUT2D eigenvalue weighted by molar-refractivity contribution is 0.0982. The molecule has 0 saturated carbocycles. The fourth-order valence-corrected chi connectivity index (χ4v) is 0.944. The zero-order chi connectivity index (χ0) is 8.10. The summed E-state index contributed by atoms with van der Waals surface area (Å²) < 4.78 is 0. The maximum absolute atomic E-state index is 11.2. The van der Waals surface area contributed by atoms with Crippen LogP contribution in [-0.2, 0) is 0 Å². The van der Waals surface area contributed by atoms with Gasteiger partial charge in [-0.25, -0.2) is 0 Å². The van der Waals surface area contributed by atoms with Gasteiger partial charge in [0.25, 0.3) is 0 Å². The molecule has 0 aromatic heterocycles.